The number of carbonyl (C=O) groups is 2. The Labute approximate surface area is 141 Å². The van der Waals surface area contributed by atoms with Crippen LogP contribution in [-0.2, 0) is 22.6 Å². The molecule has 1 N–H and O–H groups in total. The molecule has 0 saturated carbocycles. The standard InChI is InChI=1S/C19H21FN2O2/c1-15(23)22(14-16-6-3-2-4-7-16)11-10-21-19(24)13-17-8-5-9-18(20)12-17/h2-9,12H,10-11,13-14H2,1H3,(H,21,24). The van der Waals surface area contributed by atoms with Crippen molar-refractivity contribution in [2.24, 2.45) is 0 Å². The summed E-state index contributed by atoms with van der Waals surface area (Å²) in [7, 11) is 0. The zero-order chi connectivity index (χ0) is 17.4. The molecule has 4 nitrogen and oxygen atoms in total. The van der Waals surface area contributed by atoms with E-state index in [9.17, 15) is 14.0 Å². The number of hydrogen-bond donors (Lipinski definition) is 1. The molecule has 0 fully saturated rings. The van der Waals surface area contributed by atoms with Crippen LogP contribution in [0.15, 0.2) is 54.6 Å². The van der Waals surface area contributed by atoms with E-state index in [1.165, 1.54) is 19.1 Å². The smallest absolute Gasteiger partial charge is 0.224 e. The van der Waals surface area contributed by atoms with E-state index in [0.29, 0.717) is 25.2 Å². The summed E-state index contributed by atoms with van der Waals surface area (Å²) in [4.78, 5) is 25.3. The Morgan fingerprint density at radius 2 is 1.75 bits per heavy atom. The zero-order valence-electron chi connectivity index (χ0n) is 13.7. The first-order valence-corrected chi connectivity index (χ1v) is 7.85. The van der Waals surface area contributed by atoms with E-state index in [0.717, 1.165) is 5.56 Å². The van der Waals surface area contributed by atoms with Gasteiger partial charge in [0.2, 0.25) is 11.8 Å². The number of nitrogens with one attached hydrogen (secondary N) is 1. The molecule has 0 aliphatic carbocycles. The minimum absolute atomic E-state index is 0.0433. The van der Waals surface area contributed by atoms with Crippen molar-refractivity contribution in [1.82, 2.24) is 10.2 Å². The second kappa shape index (κ2) is 8.82. The molecule has 0 atom stereocenters. The maximum atomic E-state index is 13.1. The first-order chi connectivity index (χ1) is 11.5. The number of benzene rings is 2. The van der Waals surface area contributed by atoms with E-state index in [1.54, 1.807) is 17.0 Å². The predicted octanol–water partition coefficient (Wildman–Crippen LogP) is 2.53. The van der Waals surface area contributed by atoms with Gasteiger partial charge in [0, 0.05) is 26.6 Å². The summed E-state index contributed by atoms with van der Waals surface area (Å²) in [6, 6.07) is 15.7. The molecular formula is C19H21FN2O2. The molecule has 0 aromatic heterocycles. The number of hydrogen-bond acceptors (Lipinski definition) is 2. The van der Waals surface area contributed by atoms with Gasteiger partial charge in [-0.1, -0.05) is 42.5 Å². The van der Waals surface area contributed by atoms with Gasteiger partial charge in [-0.05, 0) is 23.3 Å². The number of carbonyl (C=O) groups excluding carboxylic acids is 2. The van der Waals surface area contributed by atoms with Crippen LogP contribution in [0, 0.1) is 5.82 Å². The molecule has 2 amide bonds. The van der Waals surface area contributed by atoms with Gasteiger partial charge in [0.15, 0.2) is 0 Å². The molecule has 0 heterocycles. The highest BCUT2D eigenvalue weighted by molar-refractivity contribution is 5.78. The van der Waals surface area contributed by atoms with E-state index in [1.807, 2.05) is 30.3 Å². The van der Waals surface area contributed by atoms with Crippen molar-refractivity contribution < 1.29 is 14.0 Å². The van der Waals surface area contributed by atoms with Gasteiger partial charge in [0.05, 0.1) is 6.42 Å². The lowest BCUT2D eigenvalue weighted by atomic mass is 10.1. The Morgan fingerprint density at radius 1 is 1.04 bits per heavy atom. The maximum Gasteiger partial charge on any atom is 0.224 e. The minimum atomic E-state index is -0.356. The Hall–Kier alpha value is -2.69. The van der Waals surface area contributed by atoms with Gasteiger partial charge < -0.3 is 10.2 Å². The minimum Gasteiger partial charge on any atom is -0.354 e. The van der Waals surface area contributed by atoms with Crippen LogP contribution < -0.4 is 5.32 Å². The molecule has 0 unspecified atom stereocenters. The fraction of sp³-hybridized carbons (Fsp3) is 0.263. The Morgan fingerprint density at radius 3 is 2.42 bits per heavy atom. The molecule has 126 valence electrons. The number of amides is 2. The lowest BCUT2D eigenvalue weighted by Gasteiger charge is -2.21. The monoisotopic (exact) mass is 328 g/mol. The lowest BCUT2D eigenvalue weighted by Crippen LogP contribution is -2.37. The predicted molar refractivity (Wildman–Crippen MR) is 90.6 cm³/mol. The summed E-state index contributed by atoms with van der Waals surface area (Å²) in [6.45, 7) is 2.81. The second-order valence-electron chi connectivity index (χ2n) is 5.58. The SMILES string of the molecule is CC(=O)N(CCNC(=O)Cc1cccc(F)c1)Cc1ccccc1. The fourth-order valence-corrected chi connectivity index (χ4v) is 2.38. The number of halogens is 1. The summed E-state index contributed by atoms with van der Waals surface area (Å²) < 4.78 is 13.1. The topological polar surface area (TPSA) is 49.4 Å². The van der Waals surface area contributed by atoms with Crippen molar-refractivity contribution in [2.45, 2.75) is 19.9 Å². The molecule has 0 radical (unpaired) electrons. The molecule has 24 heavy (non-hydrogen) atoms. The highest BCUT2D eigenvalue weighted by atomic mass is 19.1. The summed E-state index contributed by atoms with van der Waals surface area (Å²) in [5.41, 5.74) is 1.67. The fourth-order valence-electron chi connectivity index (χ4n) is 2.38. The van der Waals surface area contributed by atoms with Crippen LogP contribution in [0.25, 0.3) is 0 Å². The average molecular weight is 328 g/mol. The zero-order valence-corrected chi connectivity index (χ0v) is 13.7. The summed E-state index contributed by atoms with van der Waals surface area (Å²) in [6.07, 6.45) is 0.122. The van der Waals surface area contributed by atoms with E-state index in [-0.39, 0.29) is 24.1 Å². The third-order valence-corrected chi connectivity index (χ3v) is 3.62. The van der Waals surface area contributed by atoms with Crippen LogP contribution >= 0.6 is 0 Å². The van der Waals surface area contributed by atoms with E-state index in [4.69, 9.17) is 0 Å². The molecular weight excluding hydrogens is 307 g/mol. The highest BCUT2D eigenvalue weighted by Gasteiger charge is 2.10. The van der Waals surface area contributed by atoms with E-state index < -0.39 is 0 Å². The molecule has 0 aliphatic rings. The quantitative estimate of drug-likeness (QED) is 0.849. The molecule has 0 bridgehead atoms. The van der Waals surface area contributed by atoms with Gasteiger partial charge in [0.25, 0.3) is 0 Å². The molecule has 5 heteroatoms. The Kier molecular flexibility index (Phi) is 6.49. The third kappa shape index (κ3) is 5.83. The number of nitrogens with zero attached hydrogens (tertiary/aromatic N) is 1. The molecule has 2 aromatic carbocycles. The van der Waals surface area contributed by atoms with Crippen LogP contribution in [0.3, 0.4) is 0 Å². The second-order valence-corrected chi connectivity index (χ2v) is 5.58. The van der Waals surface area contributed by atoms with Gasteiger partial charge in [-0.3, -0.25) is 9.59 Å². The maximum absolute atomic E-state index is 13.1. The van der Waals surface area contributed by atoms with Gasteiger partial charge in [-0.25, -0.2) is 4.39 Å². The van der Waals surface area contributed by atoms with Gasteiger partial charge in [-0.15, -0.1) is 0 Å². The summed E-state index contributed by atoms with van der Waals surface area (Å²) in [5.74, 6) is -0.590. The summed E-state index contributed by atoms with van der Waals surface area (Å²) >= 11 is 0. The first kappa shape index (κ1) is 17.7. The van der Waals surface area contributed by atoms with E-state index >= 15 is 0 Å². The third-order valence-electron chi connectivity index (χ3n) is 3.62. The molecule has 0 saturated heterocycles. The van der Waals surface area contributed by atoms with Crippen LogP contribution in [0.1, 0.15) is 18.1 Å². The molecule has 2 rings (SSSR count). The van der Waals surface area contributed by atoms with Crippen molar-refractivity contribution in [3.05, 3.63) is 71.5 Å². The van der Waals surface area contributed by atoms with Gasteiger partial charge in [-0.2, -0.15) is 0 Å². The number of rotatable bonds is 7. The Bertz CT molecular complexity index is 689. The lowest BCUT2D eigenvalue weighted by molar-refractivity contribution is -0.130. The van der Waals surface area contributed by atoms with Gasteiger partial charge >= 0.3 is 0 Å². The summed E-state index contributed by atoms with van der Waals surface area (Å²) in [5, 5.41) is 2.77. The van der Waals surface area contributed by atoms with Crippen LogP contribution in [0.5, 0.6) is 0 Å². The van der Waals surface area contributed by atoms with Crippen molar-refractivity contribution in [1.29, 1.82) is 0 Å². The van der Waals surface area contributed by atoms with Crippen molar-refractivity contribution in [2.75, 3.05) is 13.1 Å². The van der Waals surface area contributed by atoms with E-state index in [2.05, 4.69) is 5.32 Å². The van der Waals surface area contributed by atoms with Crippen LogP contribution in [-0.4, -0.2) is 29.8 Å². The highest BCUT2D eigenvalue weighted by Crippen LogP contribution is 2.05. The largest absolute Gasteiger partial charge is 0.354 e. The molecule has 0 aliphatic heterocycles. The van der Waals surface area contributed by atoms with Crippen LogP contribution in [0.4, 0.5) is 4.39 Å². The van der Waals surface area contributed by atoms with Crippen molar-refractivity contribution >= 4 is 11.8 Å². The van der Waals surface area contributed by atoms with Gasteiger partial charge in [0.1, 0.15) is 5.82 Å². The average Bonchev–Trinajstić information content (AvgIpc) is 2.54. The first-order valence-electron chi connectivity index (χ1n) is 7.85. The Balaban J connectivity index is 1.80. The molecule has 0 spiro atoms. The van der Waals surface area contributed by atoms with Crippen molar-refractivity contribution in [3.63, 3.8) is 0 Å². The van der Waals surface area contributed by atoms with Crippen molar-refractivity contribution in [3.8, 4) is 0 Å². The normalized spacial score (nSPS) is 10.2. The molecule has 2 aromatic rings. The van der Waals surface area contributed by atoms with Crippen LogP contribution in [0.2, 0.25) is 0 Å².